The molecule has 0 fully saturated rings. The molecule has 0 amide bonds. The second kappa shape index (κ2) is 6.62. The quantitative estimate of drug-likeness (QED) is 0.587. The lowest BCUT2D eigenvalue weighted by Crippen LogP contribution is -2.05. The summed E-state index contributed by atoms with van der Waals surface area (Å²) in [7, 11) is 0. The van der Waals surface area contributed by atoms with Gasteiger partial charge in [-0.2, -0.15) is 5.26 Å². The van der Waals surface area contributed by atoms with Crippen LogP contribution in [0.15, 0.2) is 70.7 Å². The number of hydrogen-bond donors (Lipinski definition) is 1. The Morgan fingerprint density at radius 1 is 1.04 bits per heavy atom. The number of hydrogen-bond acceptors (Lipinski definition) is 4. The molecule has 0 aliphatic carbocycles. The summed E-state index contributed by atoms with van der Waals surface area (Å²) in [6.07, 6.45) is 0. The second-order valence-electron chi connectivity index (χ2n) is 6.31. The molecule has 1 aliphatic heterocycles. The second-order valence-corrected chi connectivity index (χ2v) is 7.26. The molecule has 1 aromatic heterocycles. The Morgan fingerprint density at radius 3 is 2.50 bits per heavy atom. The molecule has 3 nitrogen and oxygen atoms in total. The lowest BCUT2D eigenvalue weighted by molar-refractivity contribution is 1.42. The maximum atomic E-state index is 9.82. The third-order valence-corrected chi connectivity index (χ3v) is 5.22. The standard InChI is InChI=1S/C22H17N3S/c1-14-5-8-16(9-6-14)24-21-17-12-15(2)7-10-19(17)25-22(21)18(13-23)20-4-3-11-26-20/h3-12,25H,1-2H3/b22-18-,24-21?. The Kier molecular flexibility index (Phi) is 4.16. The molecule has 4 heteroatoms. The molecule has 0 radical (unpaired) electrons. The highest BCUT2D eigenvalue weighted by Crippen LogP contribution is 2.36. The van der Waals surface area contributed by atoms with Gasteiger partial charge >= 0.3 is 0 Å². The first kappa shape index (κ1) is 16.3. The van der Waals surface area contributed by atoms with Crippen molar-refractivity contribution < 1.29 is 0 Å². The summed E-state index contributed by atoms with van der Waals surface area (Å²) in [5.74, 6) is 0. The van der Waals surface area contributed by atoms with Crippen LogP contribution in [-0.2, 0) is 0 Å². The van der Waals surface area contributed by atoms with E-state index in [1.54, 1.807) is 11.3 Å². The number of fused-ring (bicyclic) bond motifs is 1. The van der Waals surface area contributed by atoms with Crippen molar-refractivity contribution in [3.63, 3.8) is 0 Å². The summed E-state index contributed by atoms with van der Waals surface area (Å²) in [5, 5.41) is 15.2. The Bertz CT molecular complexity index is 1070. The number of aryl methyl sites for hydroxylation is 2. The molecule has 0 saturated carbocycles. The molecule has 0 spiro atoms. The number of nitrogens with one attached hydrogen (secondary N) is 1. The first-order chi connectivity index (χ1) is 12.7. The van der Waals surface area contributed by atoms with Gasteiger partial charge in [0, 0.05) is 16.1 Å². The number of rotatable bonds is 2. The molecule has 1 aliphatic rings. The highest BCUT2D eigenvalue weighted by Gasteiger charge is 2.27. The van der Waals surface area contributed by atoms with Crippen LogP contribution in [-0.4, -0.2) is 5.71 Å². The van der Waals surface area contributed by atoms with Gasteiger partial charge in [0.2, 0.25) is 0 Å². The molecule has 0 atom stereocenters. The van der Waals surface area contributed by atoms with Gasteiger partial charge in [-0.05, 0) is 49.6 Å². The van der Waals surface area contributed by atoms with Crippen LogP contribution in [0, 0.1) is 25.2 Å². The third kappa shape index (κ3) is 2.94. The van der Waals surface area contributed by atoms with E-state index in [-0.39, 0.29) is 0 Å². The lowest BCUT2D eigenvalue weighted by Gasteiger charge is -2.05. The third-order valence-electron chi connectivity index (χ3n) is 4.33. The zero-order valence-electron chi connectivity index (χ0n) is 14.6. The SMILES string of the molecule is Cc1ccc(N=C2/C(=C(\C#N)c3cccs3)Nc3ccc(C)cc32)cc1. The molecule has 126 valence electrons. The summed E-state index contributed by atoms with van der Waals surface area (Å²) in [6.45, 7) is 4.12. The maximum Gasteiger partial charge on any atom is 0.103 e. The van der Waals surface area contributed by atoms with Crippen LogP contribution in [0.3, 0.4) is 0 Å². The minimum Gasteiger partial charge on any atom is -0.352 e. The van der Waals surface area contributed by atoms with Crippen LogP contribution in [0.25, 0.3) is 5.57 Å². The summed E-state index contributed by atoms with van der Waals surface area (Å²) in [5.41, 5.74) is 7.47. The van der Waals surface area contributed by atoms with Crippen molar-refractivity contribution in [1.29, 1.82) is 5.26 Å². The zero-order chi connectivity index (χ0) is 18.1. The highest BCUT2D eigenvalue weighted by atomic mass is 32.1. The molecular formula is C22H17N3S. The largest absolute Gasteiger partial charge is 0.352 e. The average molecular weight is 355 g/mol. The minimum atomic E-state index is 0.625. The molecule has 1 N–H and O–H groups in total. The molecule has 4 rings (SSSR count). The number of anilines is 1. The van der Waals surface area contributed by atoms with Gasteiger partial charge in [-0.1, -0.05) is 35.4 Å². The Morgan fingerprint density at radius 2 is 1.81 bits per heavy atom. The molecule has 0 bridgehead atoms. The van der Waals surface area contributed by atoms with Crippen LogP contribution in [0.2, 0.25) is 0 Å². The van der Waals surface area contributed by atoms with E-state index in [9.17, 15) is 5.26 Å². The fraction of sp³-hybridized carbons (Fsp3) is 0.0909. The van der Waals surface area contributed by atoms with Crippen molar-refractivity contribution in [2.24, 2.45) is 4.99 Å². The van der Waals surface area contributed by atoms with E-state index in [1.807, 2.05) is 47.8 Å². The summed E-state index contributed by atoms with van der Waals surface area (Å²) in [6, 6.07) is 20.6. The summed E-state index contributed by atoms with van der Waals surface area (Å²) >= 11 is 1.56. The molecule has 0 saturated heterocycles. The van der Waals surface area contributed by atoms with Gasteiger partial charge < -0.3 is 5.32 Å². The molecule has 26 heavy (non-hydrogen) atoms. The molecule has 0 unspecified atom stereocenters. The Balaban J connectivity index is 1.94. The lowest BCUT2D eigenvalue weighted by atomic mass is 10.0. The van der Waals surface area contributed by atoms with Gasteiger partial charge in [-0.15, -0.1) is 11.3 Å². The van der Waals surface area contributed by atoms with Gasteiger partial charge in [-0.25, -0.2) is 4.99 Å². The predicted molar refractivity (Wildman–Crippen MR) is 109 cm³/mol. The van der Waals surface area contributed by atoms with Crippen molar-refractivity contribution in [3.8, 4) is 6.07 Å². The number of benzene rings is 2. The van der Waals surface area contributed by atoms with Crippen molar-refractivity contribution >= 4 is 34.0 Å². The highest BCUT2D eigenvalue weighted by molar-refractivity contribution is 7.11. The van der Waals surface area contributed by atoms with Gasteiger partial charge in [0.05, 0.1) is 22.7 Å². The minimum absolute atomic E-state index is 0.625. The van der Waals surface area contributed by atoms with Crippen molar-refractivity contribution in [2.75, 3.05) is 5.32 Å². The number of allylic oxidation sites excluding steroid dienone is 2. The predicted octanol–water partition coefficient (Wildman–Crippen LogP) is 5.85. The van der Waals surface area contributed by atoms with E-state index in [0.29, 0.717) is 5.57 Å². The first-order valence-corrected chi connectivity index (χ1v) is 9.26. The van der Waals surface area contributed by atoms with Crippen LogP contribution in [0.4, 0.5) is 11.4 Å². The number of nitriles is 1. The van der Waals surface area contributed by atoms with Gasteiger partial charge in [-0.3, -0.25) is 0 Å². The maximum absolute atomic E-state index is 9.82. The average Bonchev–Trinajstić information content (AvgIpc) is 3.27. The van der Waals surface area contributed by atoms with Crippen LogP contribution in [0.5, 0.6) is 0 Å². The molecule has 3 aromatic rings. The van der Waals surface area contributed by atoms with Gasteiger partial charge in [0.15, 0.2) is 0 Å². The number of aliphatic imine (C=N–C) groups is 1. The van der Waals surface area contributed by atoms with Crippen molar-refractivity contribution in [1.82, 2.24) is 0 Å². The van der Waals surface area contributed by atoms with E-state index in [1.165, 1.54) is 5.56 Å². The summed E-state index contributed by atoms with van der Waals surface area (Å²) < 4.78 is 0. The van der Waals surface area contributed by atoms with Gasteiger partial charge in [0.25, 0.3) is 0 Å². The van der Waals surface area contributed by atoms with E-state index in [2.05, 4.69) is 37.4 Å². The molecule has 2 heterocycles. The van der Waals surface area contributed by atoms with Gasteiger partial charge in [0.1, 0.15) is 6.07 Å². The molecule has 2 aromatic carbocycles. The first-order valence-electron chi connectivity index (χ1n) is 8.38. The Hall–Kier alpha value is -3.16. The monoisotopic (exact) mass is 355 g/mol. The van der Waals surface area contributed by atoms with E-state index >= 15 is 0 Å². The van der Waals surface area contributed by atoms with Crippen molar-refractivity contribution in [3.05, 3.63) is 87.2 Å². The normalized spacial score (nSPS) is 16.1. The topological polar surface area (TPSA) is 48.2 Å². The summed E-state index contributed by atoms with van der Waals surface area (Å²) in [4.78, 5) is 5.83. The number of thiophene rings is 1. The van der Waals surface area contributed by atoms with Crippen LogP contribution >= 0.6 is 11.3 Å². The smallest absolute Gasteiger partial charge is 0.103 e. The van der Waals surface area contributed by atoms with Crippen molar-refractivity contribution in [2.45, 2.75) is 13.8 Å². The van der Waals surface area contributed by atoms with E-state index < -0.39 is 0 Å². The van der Waals surface area contributed by atoms with Crippen LogP contribution < -0.4 is 5.32 Å². The molecular weight excluding hydrogens is 338 g/mol. The Labute approximate surface area is 157 Å². The van der Waals surface area contributed by atoms with E-state index in [0.717, 1.165) is 38.8 Å². The van der Waals surface area contributed by atoms with E-state index in [4.69, 9.17) is 4.99 Å². The number of nitrogens with zero attached hydrogens (tertiary/aromatic N) is 2. The zero-order valence-corrected chi connectivity index (χ0v) is 15.4. The fourth-order valence-corrected chi connectivity index (χ4v) is 3.72. The van der Waals surface area contributed by atoms with Crippen LogP contribution in [0.1, 0.15) is 21.6 Å². The fourth-order valence-electron chi connectivity index (χ4n) is 2.99.